The molecule has 0 aromatic heterocycles. The van der Waals surface area contributed by atoms with Crippen LogP contribution in [0.4, 0.5) is 0 Å². The lowest BCUT2D eigenvalue weighted by Crippen LogP contribution is -2.45. The Balaban J connectivity index is 3.38. The van der Waals surface area contributed by atoms with Crippen LogP contribution in [0.3, 0.4) is 0 Å². The lowest BCUT2D eigenvalue weighted by molar-refractivity contribution is -0.143. The van der Waals surface area contributed by atoms with Crippen LogP contribution in [0.25, 0.3) is 0 Å². The maximum Gasteiger partial charge on any atom is 0.305 e. The molecule has 0 rings (SSSR count). The molecule has 0 aliphatic carbocycles. The Morgan fingerprint density at radius 3 is 1.00 bits per heavy atom. The fourth-order valence-electron chi connectivity index (χ4n) is 11.3. The number of carbonyl (C=O) groups excluding carboxylic acids is 2. The van der Waals surface area contributed by atoms with E-state index in [1.54, 1.807) is 0 Å². The van der Waals surface area contributed by atoms with Crippen LogP contribution < -0.4 is 5.32 Å². The SMILES string of the molecule is CCCCC/C=C\C/C=C\CCCCCCCCCCCC(=O)OCCCCCCCCCCCCCCCCCCCCCCC(=O)NC(CO)C(O)CCCCCCCCCCCCCCCCCCCCCCCC. The Kier molecular flexibility index (Phi) is 66.4. The Bertz CT molecular complexity index is 1220. The summed E-state index contributed by atoms with van der Waals surface area (Å²) in [5, 5.41) is 23.4. The zero-order valence-corrected chi connectivity index (χ0v) is 52.9. The predicted octanol–water partition coefficient (Wildman–Crippen LogP) is 22.9. The van der Waals surface area contributed by atoms with Crippen molar-refractivity contribution in [3.05, 3.63) is 24.3 Å². The van der Waals surface area contributed by atoms with E-state index in [4.69, 9.17) is 4.74 Å². The molecule has 6 nitrogen and oxygen atoms in total. The van der Waals surface area contributed by atoms with Gasteiger partial charge in [-0.1, -0.05) is 353 Å². The van der Waals surface area contributed by atoms with Crippen LogP contribution in [-0.2, 0) is 14.3 Å². The van der Waals surface area contributed by atoms with Gasteiger partial charge in [-0.15, -0.1) is 0 Å². The summed E-state index contributed by atoms with van der Waals surface area (Å²) < 4.78 is 5.51. The van der Waals surface area contributed by atoms with Crippen molar-refractivity contribution in [3.63, 3.8) is 0 Å². The molecule has 0 aromatic rings. The zero-order chi connectivity index (χ0) is 56.4. The Morgan fingerprint density at radius 2 is 0.641 bits per heavy atom. The first-order valence-electron chi connectivity index (χ1n) is 35.6. The Morgan fingerprint density at radius 1 is 0.359 bits per heavy atom. The van der Waals surface area contributed by atoms with Gasteiger partial charge in [-0.25, -0.2) is 0 Å². The van der Waals surface area contributed by atoms with E-state index in [9.17, 15) is 19.8 Å². The number of ether oxygens (including phenoxy) is 1. The monoisotopic (exact) mass is 1100 g/mol. The van der Waals surface area contributed by atoms with Gasteiger partial charge < -0.3 is 20.3 Å². The number of hydrogen-bond acceptors (Lipinski definition) is 5. The highest BCUT2D eigenvalue weighted by atomic mass is 16.5. The third kappa shape index (κ3) is 63.5. The number of aliphatic hydroxyl groups excluding tert-OH is 2. The van der Waals surface area contributed by atoms with E-state index in [1.165, 1.54) is 315 Å². The molecule has 0 spiro atoms. The quantitative estimate of drug-likeness (QED) is 0.0320. The number of unbranched alkanes of at least 4 members (excludes halogenated alkanes) is 52. The number of nitrogens with one attached hydrogen (secondary N) is 1. The van der Waals surface area contributed by atoms with Crippen LogP contribution in [0.1, 0.15) is 399 Å². The van der Waals surface area contributed by atoms with Crippen LogP contribution >= 0.6 is 0 Å². The fourth-order valence-corrected chi connectivity index (χ4v) is 11.3. The molecule has 0 heterocycles. The van der Waals surface area contributed by atoms with E-state index < -0.39 is 12.1 Å². The van der Waals surface area contributed by atoms with Gasteiger partial charge in [-0.05, 0) is 57.8 Å². The third-order valence-electron chi connectivity index (χ3n) is 16.8. The molecule has 2 unspecified atom stereocenters. The summed E-state index contributed by atoms with van der Waals surface area (Å²) in [6.45, 7) is 4.96. The zero-order valence-electron chi connectivity index (χ0n) is 52.9. The molecular formula is C72H139NO5. The molecule has 0 saturated carbocycles. The number of allylic oxidation sites excluding steroid dienone is 4. The molecule has 0 aliphatic heterocycles. The molecule has 1 amide bonds. The van der Waals surface area contributed by atoms with Crippen LogP contribution in [0.15, 0.2) is 24.3 Å². The second-order valence-electron chi connectivity index (χ2n) is 24.6. The van der Waals surface area contributed by atoms with Crippen molar-refractivity contribution in [2.24, 2.45) is 0 Å². The van der Waals surface area contributed by atoms with Crippen molar-refractivity contribution in [3.8, 4) is 0 Å². The van der Waals surface area contributed by atoms with E-state index in [2.05, 4.69) is 43.5 Å². The van der Waals surface area contributed by atoms with Gasteiger partial charge >= 0.3 is 5.97 Å². The number of aliphatic hydroxyl groups is 2. The van der Waals surface area contributed by atoms with Crippen molar-refractivity contribution in [2.75, 3.05) is 13.2 Å². The average molecular weight is 1100 g/mol. The summed E-state index contributed by atoms with van der Waals surface area (Å²) >= 11 is 0. The standard InChI is InChI=1S/C72H139NO5/c1-3-5-7-9-11-13-15-17-19-21-23-24-25-29-32-36-40-44-48-52-56-60-64-70(75)69(68-74)73-71(76)65-61-57-53-49-45-41-37-33-30-26-27-31-35-39-43-47-51-55-59-63-67-78-72(77)66-62-58-54-50-46-42-38-34-28-22-20-18-16-14-12-10-8-6-4-2/h12,14,18,20,69-70,74-75H,3-11,13,15-17,19,21-68H2,1-2H3,(H,73,76)/b14-12-,20-18-. The summed E-state index contributed by atoms with van der Waals surface area (Å²) in [6, 6.07) is -0.544. The topological polar surface area (TPSA) is 95.9 Å². The van der Waals surface area contributed by atoms with Gasteiger partial charge in [0.1, 0.15) is 0 Å². The van der Waals surface area contributed by atoms with Crippen LogP contribution in [-0.4, -0.2) is 47.4 Å². The van der Waals surface area contributed by atoms with Crippen LogP contribution in [0.5, 0.6) is 0 Å². The highest BCUT2D eigenvalue weighted by Crippen LogP contribution is 2.19. The molecule has 3 N–H and O–H groups in total. The van der Waals surface area contributed by atoms with Crippen molar-refractivity contribution in [2.45, 2.75) is 411 Å². The first-order chi connectivity index (χ1) is 38.5. The van der Waals surface area contributed by atoms with Gasteiger partial charge in [0.25, 0.3) is 0 Å². The predicted molar refractivity (Wildman–Crippen MR) is 343 cm³/mol. The van der Waals surface area contributed by atoms with Gasteiger partial charge in [-0.3, -0.25) is 9.59 Å². The number of esters is 1. The molecule has 0 aliphatic rings. The molecule has 6 heteroatoms. The van der Waals surface area contributed by atoms with Crippen molar-refractivity contribution in [1.82, 2.24) is 5.32 Å². The smallest absolute Gasteiger partial charge is 0.305 e. The Labute approximate surface area is 488 Å². The minimum absolute atomic E-state index is 0.00803. The van der Waals surface area contributed by atoms with E-state index in [1.807, 2.05) is 0 Å². The Hall–Kier alpha value is -1.66. The van der Waals surface area contributed by atoms with Crippen LogP contribution in [0, 0.1) is 0 Å². The summed E-state index contributed by atoms with van der Waals surface area (Å²) in [5.74, 6) is -0.0242. The molecule has 0 aromatic carbocycles. The number of rotatable bonds is 67. The molecule has 0 fully saturated rings. The van der Waals surface area contributed by atoms with Gasteiger partial charge in [0, 0.05) is 12.8 Å². The molecule has 78 heavy (non-hydrogen) atoms. The first-order valence-corrected chi connectivity index (χ1v) is 35.6. The van der Waals surface area contributed by atoms with Gasteiger partial charge in [0.2, 0.25) is 5.91 Å². The van der Waals surface area contributed by atoms with E-state index in [0.717, 1.165) is 51.4 Å². The van der Waals surface area contributed by atoms with E-state index >= 15 is 0 Å². The highest BCUT2D eigenvalue weighted by Gasteiger charge is 2.20. The second-order valence-corrected chi connectivity index (χ2v) is 24.6. The largest absolute Gasteiger partial charge is 0.466 e. The first kappa shape index (κ1) is 76.3. The fraction of sp³-hybridized carbons (Fsp3) is 0.917. The minimum Gasteiger partial charge on any atom is -0.466 e. The summed E-state index contributed by atoms with van der Waals surface area (Å²) in [4.78, 5) is 24.7. The molecule has 0 saturated heterocycles. The summed E-state index contributed by atoms with van der Waals surface area (Å²) in [5.41, 5.74) is 0. The summed E-state index contributed by atoms with van der Waals surface area (Å²) in [6.07, 6.45) is 85.0. The minimum atomic E-state index is -0.667. The molecule has 462 valence electrons. The summed E-state index contributed by atoms with van der Waals surface area (Å²) in [7, 11) is 0. The maximum atomic E-state index is 12.6. The lowest BCUT2D eigenvalue weighted by Gasteiger charge is -2.22. The van der Waals surface area contributed by atoms with Gasteiger partial charge in [0.05, 0.1) is 25.4 Å². The maximum absolute atomic E-state index is 12.6. The third-order valence-corrected chi connectivity index (χ3v) is 16.8. The number of carbonyl (C=O) groups is 2. The van der Waals surface area contributed by atoms with E-state index in [-0.39, 0.29) is 18.5 Å². The number of hydrogen-bond donors (Lipinski definition) is 3. The van der Waals surface area contributed by atoms with Crippen LogP contribution in [0.2, 0.25) is 0 Å². The highest BCUT2D eigenvalue weighted by molar-refractivity contribution is 5.76. The van der Waals surface area contributed by atoms with Crippen molar-refractivity contribution >= 4 is 11.9 Å². The number of amides is 1. The molecule has 2 atom stereocenters. The van der Waals surface area contributed by atoms with E-state index in [0.29, 0.717) is 25.9 Å². The van der Waals surface area contributed by atoms with Gasteiger partial charge in [0.15, 0.2) is 0 Å². The van der Waals surface area contributed by atoms with Crippen molar-refractivity contribution in [1.29, 1.82) is 0 Å². The average Bonchev–Trinajstić information content (AvgIpc) is 3.44. The molecule has 0 radical (unpaired) electrons. The normalized spacial score (nSPS) is 12.6. The molecular weight excluding hydrogens is 959 g/mol. The van der Waals surface area contributed by atoms with Crippen molar-refractivity contribution < 1.29 is 24.5 Å². The van der Waals surface area contributed by atoms with Gasteiger partial charge in [-0.2, -0.15) is 0 Å². The lowest BCUT2D eigenvalue weighted by atomic mass is 10.0. The second kappa shape index (κ2) is 67.8. The molecule has 0 bridgehead atoms.